The van der Waals surface area contributed by atoms with Gasteiger partial charge < -0.3 is 4.90 Å². The lowest BCUT2D eigenvalue weighted by molar-refractivity contribution is -0.134. The molecular formula is C14H22N4O. The molecule has 5 heteroatoms. The molecule has 2 saturated heterocycles. The van der Waals surface area contributed by atoms with Crippen LogP contribution in [0.15, 0.2) is 12.3 Å². The minimum atomic E-state index is 0.186. The van der Waals surface area contributed by atoms with E-state index in [1.54, 1.807) is 0 Å². The first-order valence-corrected chi connectivity index (χ1v) is 7.11. The summed E-state index contributed by atoms with van der Waals surface area (Å²) in [7, 11) is 3.95. The molecule has 5 nitrogen and oxygen atoms in total. The van der Waals surface area contributed by atoms with Gasteiger partial charge >= 0.3 is 0 Å². The van der Waals surface area contributed by atoms with Crippen LogP contribution >= 0.6 is 0 Å². The van der Waals surface area contributed by atoms with E-state index in [2.05, 4.69) is 16.1 Å². The Labute approximate surface area is 114 Å². The zero-order valence-electron chi connectivity index (χ0n) is 11.7. The fourth-order valence-electron chi connectivity index (χ4n) is 3.37. The van der Waals surface area contributed by atoms with Gasteiger partial charge in [0.25, 0.3) is 0 Å². The number of carbonyl (C=O) groups is 1. The molecule has 0 N–H and O–H groups in total. The van der Waals surface area contributed by atoms with E-state index >= 15 is 0 Å². The normalized spacial score (nSPS) is 28.5. The number of rotatable bonds is 2. The first-order valence-electron chi connectivity index (χ1n) is 7.11. The van der Waals surface area contributed by atoms with Crippen molar-refractivity contribution in [1.82, 2.24) is 19.6 Å². The van der Waals surface area contributed by atoms with E-state index in [0.717, 1.165) is 32.5 Å². The second kappa shape index (κ2) is 4.96. The van der Waals surface area contributed by atoms with E-state index in [1.165, 1.54) is 12.1 Å². The molecule has 3 heterocycles. The number of likely N-dealkylation sites (N-methyl/N-ethyl adjacent to an activating group) is 1. The fraction of sp³-hybridized carbons (Fsp3) is 0.714. The number of hydrogen-bond donors (Lipinski definition) is 0. The maximum atomic E-state index is 12.3. The molecule has 0 radical (unpaired) electrons. The van der Waals surface area contributed by atoms with Gasteiger partial charge in [-0.15, -0.1) is 0 Å². The maximum Gasteiger partial charge on any atom is 0.227 e. The molecule has 19 heavy (non-hydrogen) atoms. The van der Waals surface area contributed by atoms with Crippen molar-refractivity contribution in [2.24, 2.45) is 13.0 Å². The highest BCUT2D eigenvalue weighted by molar-refractivity contribution is 5.79. The van der Waals surface area contributed by atoms with Crippen LogP contribution in [-0.2, 0) is 18.4 Å². The van der Waals surface area contributed by atoms with E-state index in [4.69, 9.17) is 0 Å². The molecule has 2 atom stereocenters. The lowest BCUT2D eigenvalue weighted by Crippen LogP contribution is -2.40. The summed E-state index contributed by atoms with van der Waals surface area (Å²) in [6.07, 6.45) is 5.21. The van der Waals surface area contributed by atoms with Crippen molar-refractivity contribution in [3.63, 3.8) is 0 Å². The summed E-state index contributed by atoms with van der Waals surface area (Å²) in [5.41, 5.74) is 1.22. The number of hydrogen-bond acceptors (Lipinski definition) is 3. The minimum absolute atomic E-state index is 0.186. The van der Waals surface area contributed by atoms with Gasteiger partial charge in [0.05, 0.1) is 11.6 Å². The second-order valence-electron chi connectivity index (χ2n) is 5.87. The Bertz CT molecular complexity index is 470. The predicted octanol–water partition coefficient (Wildman–Crippen LogP) is 0.863. The van der Waals surface area contributed by atoms with Crippen molar-refractivity contribution in [2.45, 2.75) is 31.8 Å². The predicted molar refractivity (Wildman–Crippen MR) is 72.4 cm³/mol. The third-order valence-electron chi connectivity index (χ3n) is 4.59. The van der Waals surface area contributed by atoms with Crippen LogP contribution in [0.2, 0.25) is 0 Å². The lowest BCUT2D eigenvalue weighted by Gasteiger charge is -2.29. The summed E-state index contributed by atoms with van der Waals surface area (Å²) in [6.45, 7) is 2.78. The first kappa shape index (κ1) is 12.7. The number of amides is 1. The number of aryl methyl sites for hydroxylation is 1. The quantitative estimate of drug-likeness (QED) is 0.794. The van der Waals surface area contributed by atoms with E-state index in [0.29, 0.717) is 11.9 Å². The standard InChI is InChI=1S/C14H22N4O/c1-16-12-5-3-4-11(14(16)19)8-18(9-12)10-13-6-7-15-17(13)2/h6-7,11-12H,3-5,8-10H2,1-2H3/t11-,12+/m1/s1. The van der Waals surface area contributed by atoms with Gasteiger partial charge in [0.15, 0.2) is 0 Å². The average Bonchev–Trinajstić information content (AvgIpc) is 2.66. The molecule has 2 aliphatic heterocycles. The molecule has 0 aliphatic carbocycles. The van der Waals surface area contributed by atoms with E-state index in [1.807, 2.05) is 29.9 Å². The largest absolute Gasteiger partial charge is 0.341 e. The van der Waals surface area contributed by atoms with Gasteiger partial charge in [0, 0.05) is 46.0 Å². The number of nitrogens with zero attached hydrogens (tertiary/aromatic N) is 4. The molecule has 2 fully saturated rings. The van der Waals surface area contributed by atoms with Gasteiger partial charge in [-0.1, -0.05) is 6.42 Å². The Morgan fingerprint density at radius 1 is 1.32 bits per heavy atom. The summed E-state index contributed by atoms with van der Waals surface area (Å²) in [4.78, 5) is 16.7. The zero-order chi connectivity index (χ0) is 13.4. The molecule has 2 aliphatic rings. The topological polar surface area (TPSA) is 41.4 Å². The Hall–Kier alpha value is -1.36. The highest BCUT2D eigenvalue weighted by Crippen LogP contribution is 2.27. The van der Waals surface area contributed by atoms with E-state index < -0.39 is 0 Å². The van der Waals surface area contributed by atoms with Crippen LogP contribution < -0.4 is 0 Å². The molecule has 104 valence electrons. The van der Waals surface area contributed by atoms with Crippen LogP contribution in [0, 0.1) is 5.92 Å². The fourth-order valence-corrected chi connectivity index (χ4v) is 3.37. The van der Waals surface area contributed by atoms with Crippen LogP contribution in [0.25, 0.3) is 0 Å². The molecule has 1 aromatic heterocycles. The van der Waals surface area contributed by atoms with E-state index in [-0.39, 0.29) is 5.92 Å². The van der Waals surface area contributed by atoms with Crippen molar-refractivity contribution in [2.75, 3.05) is 20.1 Å². The van der Waals surface area contributed by atoms with Crippen LogP contribution in [-0.4, -0.2) is 51.7 Å². The molecule has 0 aromatic carbocycles. The average molecular weight is 262 g/mol. The monoisotopic (exact) mass is 262 g/mol. The van der Waals surface area contributed by atoms with Gasteiger partial charge in [-0.25, -0.2) is 0 Å². The maximum absolute atomic E-state index is 12.3. The Balaban J connectivity index is 1.78. The van der Waals surface area contributed by atoms with Crippen molar-refractivity contribution in [3.8, 4) is 0 Å². The number of aromatic nitrogens is 2. The first-order chi connectivity index (χ1) is 9.15. The third-order valence-corrected chi connectivity index (χ3v) is 4.59. The highest BCUT2D eigenvalue weighted by Gasteiger charge is 2.36. The smallest absolute Gasteiger partial charge is 0.227 e. The van der Waals surface area contributed by atoms with Gasteiger partial charge in [-0.2, -0.15) is 5.10 Å². The Kier molecular flexibility index (Phi) is 3.31. The highest BCUT2D eigenvalue weighted by atomic mass is 16.2. The Morgan fingerprint density at radius 2 is 2.16 bits per heavy atom. The van der Waals surface area contributed by atoms with Crippen LogP contribution in [0.4, 0.5) is 0 Å². The summed E-state index contributed by atoms with van der Waals surface area (Å²) < 4.78 is 1.92. The molecule has 0 spiro atoms. The van der Waals surface area contributed by atoms with Crippen LogP contribution in [0.1, 0.15) is 25.0 Å². The summed E-state index contributed by atoms with van der Waals surface area (Å²) in [6, 6.07) is 2.44. The number of fused-ring (bicyclic) bond motifs is 3. The van der Waals surface area contributed by atoms with E-state index in [9.17, 15) is 4.79 Å². The molecule has 0 unspecified atom stereocenters. The summed E-state index contributed by atoms with van der Waals surface area (Å²) >= 11 is 0. The molecule has 1 aromatic rings. The summed E-state index contributed by atoms with van der Waals surface area (Å²) in [5.74, 6) is 0.528. The van der Waals surface area contributed by atoms with Gasteiger partial charge in [0.2, 0.25) is 5.91 Å². The van der Waals surface area contributed by atoms with Gasteiger partial charge in [-0.3, -0.25) is 14.4 Å². The third kappa shape index (κ3) is 2.39. The van der Waals surface area contributed by atoms with Crippen LogP contribution in [0.5, 0.6) is 0 Å². The Morgan fingerprint density at radius 3 is 2.89 bits per heavy atom. The summed E-state index contributed by atoms with van der Waals surface area (Å²) in [5, 5.41) is 4.22. The van der Waals surface area contributed by atoms with Crippen molar-refractivity contribution in [1.29, 1.82) is 0 Å². The van der Waals surface area contributed by atoms with Crippen LogP contribution in [0.3, 0.4) is 0 Å². The van der Waals surface area contributed by atoms with Gasteiger partial charge in [0.1, 0.15) is 0 Å². The van der Waals surface area contributed by atoms with Crippen molar-refractivity contribution < 1.29 is 4.79 Å². The number of likely N-dealkylation sites (tertiary alicyclic amines) is 1. The second-order valence-corrected chi connectivity index (χ2v) is 5.87. The lowest BCUT2D eigenvalue weighted by atomic mass is 9.99. The SMILES string of the molecule is CN1C(=O)[C@@H]2CCC[C@H]1CN(Cc1ccnn1C)C2. The molecular weight excluding hydrogens is 240 g/mol. The van der Waals surface area contributed by atoms with Gasteiger partial charge in [-0.05, 0) is 18.9 Å². The molecule has 2 bridgehead atoms. The molecule has 1 amide bonds. The van der Waals surface area contributed by atoms with Crippen molar-refractivity contribution >= 4 is 5.91 Å². The molecule has 0 saturated carbocycles. The number of carbonyl (C=O) groups excluding carboxylic acids is 1. The minimum Gasteiger partial charge on any atom is -0.341 e. The molecule has 3 rings (SSSR count). The zero-order valence-corrected chi connectivity index (χ0v) is 11.7. The van der Waals surface area contributed by atoms with Crippen molar-refractivity contribution in [3.05, 3.63) is 18.0 Å².